The minimum atomic E-state index is 0.488. The van der Waals surface area contributed by atoms with E-state index >= 15 is 0 Å². The molecule has 1 heterocycles. The number of allylic oxidation sites excluding steroid dienone is 1. The molecule has 0 unspecified atom stereocenters. The first-order valence-electron chi connectivity index (χ1n) is 2.97. The molecule has 0 saturated heterocycles. The van der Waals surface area contributed by atoms with E-state index in [1.54, 1.807) is 18.4 Å². The van der Waals surface area contributed by atoms with Crippen molar-refractivity contribution in [1.82, 2.24) is 4.98 Å². The summed E-state index contributed by atoms with van der Waals surface area (Å²) in [5.74, 6) is 1.10. The van der Waals surface area contributed by atoms with Crippen molar-refractivity contribution in [1.29, 1.82) is 0 Å². The van der Waals surface area contributed by atoms with Crippen molar-refractivity contribution in [2.24, 2.45) is 0 Å². The van der Waals surface area contributed by atoms with Crippen LogP contribution in [0.5, 0.6) is 0 Å². The van der Waals surface area contributed by atoms with Gasteiger partial charge < -0.3 is 4.42 Å². The van der Waals surface area contributed by atoms with Crippen LogP contribution in [0.1, 0.15) is 11.6 Å². The summed E-state index contributed by atoms with van der Waals surface area (Å²) in [7, 11) is 0. The van der Waals surface area contributed by atoms with Crippen molar-refractivity contribution in [3.63, 3.8) is 0 Å². The van der Waals surface area contributed by atoms with Crippen molar-refractivity contribution >= 4 is 17.7 Å². The maximum Gasteiger partial charge on any atom is 0.218 e. The molecule has 10 heavy (non-hydrogen) atoms. The highest BCUT2D eigenvalue weighted by Crippen LogP contribution is 2.01. The lowest BCUT2D eigenvalue weighted by Crippen LogP contribution is -1.71. The molecule has 3 heteroatoms. The molecule has 1 aromatic rings. The topological polar surface area (TPSA) is 26.0 Å². The Labute approximate surface area is 64.5 Å². The first kappa shape index (κ1) is 7.35. The van der Waals surface area contributed by atoms with Crippen LogP contribution in [0.25, 0.3) is 6.08 Å². The molecule has 0 N–H and O–H groups in total. The number of alkyl halides is 1. The van der Waals surface area contributed by atoms with Gasteiger partial charge >= 0.3 is 0 Å². The van der Waals surface area contributed by atoms with Crippen LogP contribution in [0.15, 0.2) is 16.8 Å². The third kappa shape index (κ3) is 1.88. The normalized spacial score (nSPS) is 11.0. The van der Waals surface area contributed by atoms with E-state index in [1.165, 1.54) is 0 Å². The fraction of sp³-hybridized carbons (Fsp3) is 0.286. The van der Waals surface area contributed by atoms with Gasteiger partial charge in [0.05, 0.1) is 5.69 Å². The Morgan fingerprint density at radius 1 is 1.80 bits per heavy atom. The fourth-order valence-electron chi connectivity index (χ4n) is 0.594. The van der Waals surface area contributed by atoms with Crippen molar-refractivity contribution < 1.29 is 4.42 Å². The maximum absolute atomic E-state index is 5.40. The summed E-state index contributed by atoms with van der Waals surface area (Å²) >= 11 is 5.40. The van der Waals surface area contributed by atoms with Gasteiger partial charge in [-0.25, -0.2) is 4.98 Å². The molecule has 0 aliphatic rings. The zero-order valence-corrected chi connectivity index (χ0v) is 6.43. The Morgan fingerprint density at radius 3 is 3.10 bits per heavy atom. The molecule has 0 saturated carbocycles. The number of aromatic nitrogens is 1. The first-order valence-corrected chi connectivity index (χ1v) is 3.51. The molecule has 0 aliphatic carbocycles. The summed E-state index contributed by atoms with van der Waals surface area (Å²) in [6.45, 7) is 1.88. The highest BCUT2D eigenvalue weighted by Gasteiger charge is 1.92. The standard InChI is InChI=1S/C7H8ClNO/c1-6-5-10-7(9-6)3-2-4-8/h2-3,5H,4H2,1H3/b3-2+. The van der Waals surface area contributed by atoms with Gasteiger partial charge in [-0.1, -0.05) is 6.08 Å². The smallest absolute Gasteiger partial charge is 0.218 e. The van der Waals surface area contributed by atoms with Crippen molar-refractivity contribution in [3.05, 3.63) is 23.9 Å². The SMILES string of the molecule is Cc1coc(/C=C/CCl)n1. The van der Waals surface area contributed by atoms with Gasteiger partial charge in [0.2, 0.25) is 5.89 Å². The molecule has 1 aromatic heterocycles. The summed E-state index contributed by atoms with van der Waals surface area (Å²) in [6.07, 6.45) is 5.14. The predicted molar refractivity (Wildman–Crippen MR) is 41.0 cm³/mol. The van der Waals surface area contributed by atoms with E-state index < -0.39 is 0 Å². The van der Waals surface area contributed by atoms with E-state index in [0.29, 0.717) is 11.8 Å². The third-order valence-corrected chi connectivity index (χ3v) is 1.16. The maximum atomic E-state index is 5.40. The van der Waals surface area contributed by atoms with Crippen LogP contribution in [-0.4, -0.2) is 10.9 Å². The zero-order chi connectivity index (χ0) is 7.40. The summed E-state index contributed by atoms with van der Waals surface area (Å²) in [5, 5.41) is 0. The van der Waals surface area contributed by atoms with E-state index in [4.69, 9.17) is 16.0 Å². The van der Waals surface area contributed by atoms with Crippen LogP contribution < -0.4 is 0 Å². The second-order valence-electron chi connectivity index (χ2n) is 1.88. The molecule has 0 aromatic carbocycles. The number of nitrogens with zero attached hydrogens (tertiary/aromatic N) is 1. The van der Waals surface area contributed by atoms with Gasteiger partial charge in [0.25, 0.3) is 0 Å². The first-order chi connectivity index (χ1) is 4.83. The molecule has 54 valence electrons. The quantitative estimate of drug-likeness (QED) is 0.616. The zero-order valence-electron chi connectivity index (χ0n) is 5.67. The Bertz CT molecular complexity index is 229. The van der Waals surface area contributed by atoms with Gasteiger partial charge in [0, 0.05) is 5.88 Å². The molecule has 0 amide bonds. The lowest BCUT2D eigenvalue weighted by atomic mass is 10.5. The van der Waals surface area contributed by atoms with Crippen molar-refractivity contribution in [3.8, 4) is 0 Å². The summed E-state index contributed by atoms with van der Waals surface area (Å²) in [5.41, 5.74) is 0.884. The molecule has 0 aliphatic heterocycles. The average molecular weight is 158 g/mol. The predicted octanol–water partition coefficient (Wildman–Crippen LogP) is 2.24. The van der Waals surface area contributed by atoms with E-state index in [2.05, 4.69) is 4.98 Å². The summed E-state index contributed by atoms with van der Waals surface area (Å²) in [4.78, 5) is 4.04. The van der Waals surface area contributed by atoms with Crippen LogP contribution in [-0.2, 0) is 0 Å². The number of oxazole rings is 1. The highest BCUT2D eigenvalue weighted by atomic mass is 35.5. The molecule has 0 radical (unpaired) electrons. The Balaban J connectivity index is 2.67. The second-order valence-corrected chi connectivity index (χ2v) is 2.19. The Kier molecular flexibility index (Phi) is 2.51. The van der Waals surface area contributed by atoms with E-state index in [1.807, 2.05) is 6.92 Å². The molecular formula is C7H8ClNO. The molecular weight excluding hydrogens is 150 g/mol. The number of aryl methyl sites for hydroxylation is 1. The van der Waals surface area contributed by atoms with Gasteiger partial charge in [-0.05, 0) is 13.0 Å². The van der Waals surface area contributed by atoms with Crippen LogP contribution in [0.4, 0.5) is 0 Å². The van der Waals surface area contributed by atoms with E-state index in [9.17, 15) is 0 Å². The number of hydrogen-bond acceptors (Lipinski definition) is 2. The number of rotatable bonds is 2. The average Bonchev–Trinajstić information content (AvgIpc) is 2.31. The van der Waals surface area contributed by atoms with Gasteiger partial charge in [0.1, 0.15) is 6.26 Å². The van der Waals surface area contributed by atoms with E-state index in [0.717, 1.165) is 5.69 Å². The minimum Gasteiger partial charge on any atom is -0.445 e. The van der Waals surface area contributed by atoms with Crippen LogP contribution >= 0.6 is 11.6 Å². The monoisotopic (exact) mass is 157 g/mol. The van der Waals surface area contributed by atoms with Crippen LogP contribution in [0.3, 0.4) is 0 Å². The van der Waals surface area contributed by atoms with Crippen LogP contribution in [0, 0.1) is 6.92 Å². The lowest BCUT2D eigenvalue weighted by Gasteiger charge is -1.77. The lowest BCUT2D eigenvalue weighted by molar-refractivity contribution is 0.545. The summed E-state index contributed by atoms with van der Waals surface area (Å²) in [6, 6.07) is 0. The van der Waals surface area contributed by atoms with Crippen molar-refractivity contribution in [2.75, 3.05) is 5.88 Å². The summed E-state index contributed by atoms with van der Waals surface area (Å²) < 4.78 is 5.01. The largest absolute Gasteiger partial charge is 0.445 e. The molecule has 0 atom stereocenters. The fourth-order valence-corrected chi connectivity index (χ4v) is 0.683. The molecule has 2 nitrogen and oxygen atoms in total. The minimum absolute atomic E-state index is 0.488. The van der Waals surface area contributed by atoms with Gasteiger partial charge in [-0.3, -0.25) is 0 Å². The molecule has 0 bridgehead atoms. The molecule has 0 spiro atoms. The Hall–Kier alpha value is -0.760. The highest BCUT2D eigenvalue weighted by molar-refractivity contribution is 6.19. The van der Waals surface area contributed by atoms with Gasteiger partial charge in [0.15, 0.2) is 0 Å². The van der Waals surface area contributed by atoms with E-state index in [-0.39, 0.29) is 0 Å². The number of halogens is 1. The Morgan fingerprint density at radius 2 is 2.60 bits per heavy atom. The van der Waals surface area contributed by atoms with Gasteiger partial charge in [-0.2, -0.15) is 0 Å². The molecule has 0 fully saturated rings. The number of hydrogen-bond donors (Lipinski definition) is 0. The van der Waals surface area contributed by atoms with Gasteiger partial charge in [-0.15, -0.1) is 11.6 Å². The second kappa shape index (κ2) is 3.42. The van der Waals surface area contributed by atoms with Crippen molar-refractivity contribution in [2.45, 2.75) is 6.92 Å². The third-order valence-electron chi connectivity index (χ3n) is 0.986. The molecule has 1 rings (SSSR count). The van der Waals surface area contributed by atoms with Crippen LogP contribution in [0.2, 0.25) is 0 Å².